The summed E-state index contributed by atoms with van der Waals surface area (Å²) >= 11 is 3.19. The first-order valence-electron chi connectivity index (χ1n) is 5.61. The molecule has 0 amide bonds. The van der Waals surface area contributed by atoms with E-state index in [9.17, 15) is 15.2 Å². The van der Waals surface area contributed by atoms with Crippen LogP contribution in [0.1, 0.15) is 32.4 Å². The van der Waals surface area contributed by atoms with Crippen LogP contribution in [-0.4, -0.2) is 16.6 Å². The summed E-state index contributed by atoms with van der Waals surface area (Å²) in [6.07, 6.45) is -0.830. The standard InChI is InChI=1S/C12H16BrNO4/c1-7(2)6-18-12-10(8(3)15)4-9(13)5-11(12)14(16)17/h4-5,7-8,15H,6H2,1-3H3. The lowest BCUT2D eigenvalue weighted by molar-refractivity contribution is -0.386. The number of hydrogen-bond acceptors (Lipinski definition) is 4. The molecule has 1 rings (SSSR count). The van der Waals surface area contributed by atoms with Crippen LogP contribution in [0.4, 0.5) is 5.69 Å². The average Bonchev–Trinajstić information content (AvgIpc) is 2.25. The highest BCUT2D eigenvalue weighted by atomic mass is 79.9. The summed E-state index contributed by atoms with van der Waals surface area (Å²) in [5.74, 6) is 0.391. The zero-order chi connectivity index (χ0) is 13.9. The first kappa shape index (κ1) is 14.9. The molecule has 1 unspecified atom stereocenters. The van der Waals surface area contributed by atoms with Crippen molar-refractivity contribution < 1.29 is 14.8 Å². The highest BCUT2D eigenvalue weighted by Crippen LogP contribution is 2.38. The molecule has 0 spiro atoms. The van der Waals surface area contributed by atoms with Gasteiger partial charge in [-0.3, -0.25) is 10.1 Å². The molecule has 1 aromatic rings. The number of aliphatic hydroxyl groups is 1. The zero-order valence-corrected chi connectivity index (χ0v) is 12.1. The highest BCUT2D eigenvalue weighted by molar-refractivity contribution is 9.10. The Labute approximate surface area is 114 Å². The lowest BCUT2D eigenvalue weighted by atomic mass is 10.1. The summed E-state index contributed by atoms with van der Waals surface area (Å²) in [4.78, 5) is 10.5. The van der Waals surface area contributed by atoms with E-state index in [1.165, 1.54) is 6.07 Å². The van der Waals surface area contributed by atoms with Crippen LogP contribution < -0.4 is 4.74 Å². The minimum Gasteiger partial charge on any atom is -0.486 e. The molecule has 100 valence electrons. The lowest BCUT2D eigenvalue weighted by Gasteiger charge is -2.15. The van der Waals surface area contributed by atoms with E-state index in [1.807, 2.05) is 13.8 Å². The smallest absolute Gasteiger partial charge is 0.312 e. The van der Waals surface area contributed by atoms with Gasteiger partial charge in [-0.05, 0) is 18.9 Å². The van der Waals surface area contributed by atoms with Gasteiger partial charge >= 0.3 is 5.69 Å². The molecule has 0 saturated carbocycles. The second kappa shape index (κ2) is 6.15. The topological polar surface area (TPSA) is 72.6 Å². The van der Waals surface area contributed by atoms with Crippen LogP contribution in [0.2, 0.25) is 0 Å². The zero-order valence-electron chi connectivity index (χ0n) is 10.5. The third-order valence-corrected chi connectivity index (χ3v) is 2.73. The van der Waals surface area contributed by atoms with Crippen LogP contribution in [0, 0.1) is 16.0 Å². The van der Waals surface area contributed by atoms with Gasteiger partial charge in [0, 0.05) is 16.1 Å². The molecule has 0 aliphatic rings. The van der Waals surface area contributed by atoms with Gasteiger partial charge in [-0.25, -0.2) is 0 Å². The van der Waals surface area contributed by atoms with Crippen molar-refractivity contribution in [1.29, 1.82) is 0 Å². The molecule has 0 aliphatic carbocycles. The van der Waals surface area contributed by atoms with Crippen LogP contribution in [0.5, 0.6) is 5.75 Å². The maximum absolute atomic E-state index is 11.0. The molecule has 0 saturated heterocycles. The van der Waals surface area contributed by atoms with E-state index in [0.29, 0.717) is 16.6 Å². The minimum absolute atomic E-state index is 0.138. The first-order valence-corrected chi connectivity index (χ1v) is 6.41. The number of nitro benzene ring substituents is 1. The predicted molar refractivity (Wildman–Crippen MR) is 71.8 cm³/mol. The van der Waals surface area contributed by atoms with E-state index in [2.05, 4.69) is 15.9 Å². The molecule has 1 aromatic carbocycles. The van der Waals surface area contributed by atoms with E-state index in [-0.39, 0.29) is 17.4 Å². The van der Waals surface area contributed by atoms with Crippen LogP contribution in [0.15, 0.2) is 16.6 Å². The number of rotatable bonds is 5. The molecule has 0 aromatic heterocycles. The van der Waals surface area contributed by atoms with Gasteiger partial charge in [-0.2, -0.15) is 0 Å². The van der Waals surface area contributed by atoms with E-state index in [1.54, 1.807) is 13.0 Å². The number of aliphatic hydroxyl groups excluding tert-OH is 1. The summed E-state index contributed by atoms with van der Waals surface area (Å²) in [5, 5.41) is 20.7. The van der Waals surface area contributed by atoms with E-state index >= 15 is 0 Å². The molecule has 0 radical (unpaired) electrons. The number of halogens is 1. The number of ether oxygens (including phenoxy) is 1. The molecular formula is C12H16BrNO4. The van der Waals surface area contributed by atoms with Crippen LogP contribution in [0.3, 0.4) is 0 Å². The van der Waals surface area contributed by atoms with Gasteiger partial charge in [0.05, 0.1) is 17.6 Å². The number of nitro groups is 1. The SMILES string of the molecule is CC(C)COc1c(C(C)O)cc(Br)cc1[N+](=O)[O-]. The van der Waals surface area contributed by atoms with Crippen molar-refractivity contribution in [2.24, 2.45) is 5.92 Å². The first-order chi connectivity index (χ1) is 8.32. The van der Waals surface area contributed by atoms with Crippen molar-refractivity contribution in [2.75, 3.05) is 6.61 Å². The Morgan fingerprint density at radius 2 is 2.06 bits per heavy atom. The van der Waals surface area contributed by atoms with Crippen LogP contribution >= 0.6 is 15.9 Å². The van der Waals surface area contributed by atoms with Crippen molar-refractivity contribution in [2.45, 2.75) is 26.9 Å². The molecule has 5 nitrogen and oxygen atoms in total. The van der Waals surface area contributed by atoms with E-state index in [0.717, 1.165) is 0 Å². The largest absolute Gasteiger partial charge is 0.486 e. The Morgan fingerprint density at radius 1 is 1.44 bits per heavy atom. The maximum Gasteiger partial charge on any atom is 0.312 e. The van der Waals surface area contributed by atoms with E-state index < -0.39 is 11.0 Å². The summed E-state index contributed by atoms with van der Waals surface area (Å²) in [7, 11) is 0. The molecule has 6 heteroatoms. The Balaban J connectivity index is 3.27. The van der Waals surface area contributed by atoms with Gasteiger partial charge in [0.15, 0.2) is 0 Å². The summed E-state index contributed by atoms with van der Waals surface area (Å²) in [5.41, 5.74) is 0.276. The van der Waals surface area contributed by atoms with Crippen LogP contribution in [-0.2, 0) is 0 Å². The van der Waals surface area contributed by atoms with Crippen molar-refractivity contribution in [3.05, 3.63) is 32.3 Å². The van der Waals surface area contributed by atoms with Crippen molar-refractivity contribution in [1.82, 2.24) is 0 Å². The van der Waals surface area contributed by atoms with Gasteiger partial charge in [0.2, 0.25) is 5.75 Å². The Morgan fingerprint density at radius 3 is 2.50 bits per heavy atom. The summed E-state index contributed by atoms with van der Waals surface area (Å²) in [6.45, 7) is 5.81. The average molecular weight is 318 g/mol. The number of benzene rings is 1. The third kappa shape index (κ3) is 3.68. The summed E-state index contributed by atoms with van der Waals surface area (Å²) < 4.78 is 6.03. The molecule has 0 fully saturated rings. The Hall–Kier alpha value is -1.14. The fourth-order valence-electron chi connectivity index (χ4n) is 1.45. The fraction of sp³-hybridized carbons (Fsp3) is 0.500. The normalized spacial score (nSPS) is 12.6. The van der Waals surface area contributed by atoms with Crippen molar-refractivity contribution in [3.63, 3.8) is 0 Å². The molecule has 1 N–H and O–H groups in total. The van der Waals surface area contributed by atoms with Crippen molar-refractivity contribution in [3.8, 4) is 5.75 Å². The van der Waals surface area contributed by atoms with Gasteiger partial charge in [-0.1, -0.05) is 29.8 Å². The molecular weight excluding hydrogens is 302 g/mol. The monoisotopic (exact) mass is 317 g/mol. The minimum atomic E-state index is -0.830. The molecule has 0 bridgehead atoms. The van der Waals surface area contributed by atoms with Gasteiger partial charge in [-0.15, -0.1) is 0 Å². The molecule has 1 atom stereocenters. The second-order valence-corrected chi connectivity index (χ2v) is 5.40. The summed E-state index contributed by atoms with van der Waals surface area (Å²) in [6, 6.07) is 3.01. The fourth-order valence-corrected chi connectivity index (χ4v) is 1.92. The molecule has 0 aliphatic heterocycles. The van der Waals surface area contributed by atoms with Gasteiger partial charge in [0.25, 0.3) is 0 Å². The van der Waals surface area contributed by atoms with Gasteiger partial charge in [0.1, 0.15) is 0 Å². The van der Waals surface area contributed by atoms with Gasteiger partial charge < -0.3 is 9.84 Å². The maximum atomic E-state index is 11.0. The molecule has 18 heavy (non-hydrogen) atoms. The van der Waals surface area contributed by atoms with E-state index in [4.69, 9.17) is 4.74 Å². The second-order valence-electron chi connectivity index (χ2n) is 4.48. The lowest BCUT2D eigenvalue weighted by Crippen LogP contribution is -2.09. The Kier molecular flexibility index (Phi) is 5.10. The van der Waals surface area contributed by atoms with Crippen molar-refractivity contribution >= 4 is 21.6 Å². The quantitative estimate of drug-likeness (QED) is 0.667. The third-order valence-electron chi connectivity index (χ3n) is 2.27. The highest BCUT2D eigenvalue weighted by Gasteiger charge is 2.23. The molecule has 0 heterocycles. The Bertz CT molecular complexity index is 446. The predicted octanol–water partition coefficient (Wildman–Crippen LogP) is 3.45. The number of nitrogens with zero attached hydrogens (tertiary/aromatic N) is 1. The van der Waals surface area contributed by atoms with Crippen LogP contribution in [0.25, 0.3) is 0 Å². The number of hydrogen-bond donors (Lipinski definition) is 1.